The third-order valence-electron chi connectivity index (χ3n) is 1.41. The largest absolute Gasteiger partial charge is 0.400 e. The first kappa shape index (κ1) is 12.2. The van der Waals surface area contributed by atoms with Gasteiger partial charge in [-0.2, -0.15) is 0 Å². The van der Waals surface area contributed by atoms with Gasteiger partial charge in [-0.15, -0.1) is 11.3 Å². The van der Waals surface area contributed by atoms with Crippen molar-refractivity contribution < 1.29 is 9.90 Å². The summed E-state index contributed by atoms with van der Waals surface area (Å²) < 4.78 is 0.712. The van der Waals surface area contributed by atoms with E-state index in [-0.39, 0.29) is 5.91 Å². The van der Waals surface area contributed by atoms with E-state index in [1.165, 1.54) is 11.3 Å². The van der Waals surface area contributed by atoms with Gasteiger partial charge in [-0.1, -0.05) is 0 Å². The van der Waals surface area contributed by atoms with Gasteiger partial charge in [0, 0.05) is 14.2 Å². The van der Waals surface area contributed by atoms with Gasteiger partial charge in [0.05, 0.1) is 4.88 Å². The first-order valence-electron chi connectivity index (χ1n) is 3.68. The molecule has 0 unspecified atom stereocenters. The third kappa shape index (κ3) is 3.20. The van der Waals surface area contributed by atoms with E-state index in [1.807, 2.05) is 6.92 Å². The molecule has 2 radical (unpaired) electrons. The number of aliphatic hydroxyl groups excluding tert-OH is 1. The molecule has 1 aromatic heterocycles. The second kappa shape index (κ2) is 5.77. The Labute approximate surface area is 83.2 Å². The van der Waals surface area contributed by atoms with Crippen molar-refractivity contribution >= 4 is 29.9 Å². The summed E-state index contributed by atoms with van der Waals surface area (Å²) in [6.45, 7) is 1.89. The lowest BCUT2D eigenvalue weighted by Gasteiger charge is -1.91. The number of carbonyl (C=O) groups is 1. The van der Waals surface area contributed by atoms with Gasteiger partial charge in [-0.3, -0.25) is 4.79 Å². The highest BCUT2D eigenvalue weighted by Gasteiger charge is 2.06. The average molecular weight is 197 g/mol. The molecule has 0 fully saturated rings. The number of aryl methyl sites for hydroxylation is 1. The Morgan fingerprint density at radius 2 is 2.15 bits per heavy atom. The van der Waals surface area contributed by atoms with Gasteiger partial charge in [-0.25, -0.2) is 0 Å². The van der Waals surface area contributed by atoms with Crippen molar-refractivity contribution in [3.8, 4) is 0 Å². The maximum absolute atomic E-state index is 11.0. The van der Waals surface area contributed by atoms with Crippen molar-refractivity contribution in [3.63, 3.8) is 0 Å². The van der Waals surface area contributed by atoms with Crippen LogP contribution in [0, 0.1) is 6.92 Å². The molecule has 0 aliphatic heterocycles. The van der Waals surface area contributed by atoms with Gasteiger partial charge in [-0.05, 0) is 23.3 Å². The van der Waals surface area contributed by atoms with E-state index >= 15 is 0 Å². The standard InChI is InChI=1S/C7H8BNOS.CH4O/c1-4-3-5(7(10)9-2)11-6(4)8;1-2/h3H,1-2H3,(H,9,10);2H,1H3. The number of hydrogen-bond donors (Lipinski definition) is 2. The second-order valence-electron chi connectivity index (χ2n) is 2.24. The summed E-state index contributed by atoms with van der Waals surface area (Å²) in [6.07, 6.45) is 0. The topological polar surface area (TPSA) is 49.3 Å². The van der Waals surface area contributed by atoms with Crippen molar-refractivity contribution in [1.29, 1.82) is 0 Å². The molecule has 0 saturated carbocycles. The maximum atomic E-state index is 11.0. The van der Waals surface area contributed by atoms with Crippen molar-refractivity contribution in [3.05, 3.63) is 16.5 Å². The predicted octanol–water partition coefficient (Wildman–Crippen LogP) is -0.182. The fourth-order valence-corrected chi connectivity index (χ4v) is 1.62. The van der Waals surface area contributed by atoms with Gasteiger partial charge >= 0.3 is 0 Å². The van der Waals surface area contributed by atoms with Crippen molar-refractivity contribution in [2.45, 2.75) is 6.92 Å². The minimum absolute atomic E-state index is 0.0743. The molecule has 0 aromatic carbocycles. The van der Waals surface area contributed by atoms with Crippen LogP contribution in [-0.4, -0.2) is 33.0 Å². The van der Waals surface area contributed by atoms with E-state index in [9.17, 15) is 4.79 Å². The molecule has 1 amide bonds. The Bertz CT molecular complexity index is 266. The second-order valence-corrected chi connectivity index (χ2v) is 3.32. The average Bonchev–Trinajstić information content (AvgIpc) is 2.49. The van der Waals surface area contributed by atoms with E-state index < -0.39 is 0 Å². The van der Waals surface area contributed by atoms with Gasteiger partial charge in [0.25, 0.3) is 5.91 Å². The van der Waals surface area contributed by atoms with Crippen LogP contribution in [0.3, 0.4) is 0 Å². The highest BCUT2D eigenvalue weighted by Crippen LogP contribution is 2.09. The molecule has 0 saturated heterocycles. The molecule has 0 aliphatic rings. The number of amides is 1. The molecule has 70 valence electrons. The molecule has 1 heterocycles. The first-order valence-corrected chi connectivity index (χ1v) is 4.49. The zero-order valence-corrected chi connectivity index (χ0v) is 8.73. The van der Waals surface area contributed by atoms with Gasteiger partial charge in [0.1, 0.15) is 7.85 Å². The lowest BCUT2D eigenvalue weighted by Crippen LogP contribution is -2.16. The highest BCUT2D eigenvalue weighted by atomic mass is 32.1. The Morgan fingerprint density at radius 3 is 2.46 bits per heavy atom. The number of aliphatic hydroxyl groups is 1. The molecule has 13 heavy (non-hydrogen) atoms. The van der Waals surface area contributed by atoms with Gasteiger partial charge < -0.3 is 10.4 Å². The Hall–Kier alpha value is -0.805. The van der Waals surface area contributed by atoms with Crippen LogP contribution < -0.4 is 10.1 Å². The summed E-state index contributed by atoms with van der Waals surface area (Å²) in [6, 6.07) is 1.79. The lowest BCUT2D eigenvalue weighted by molar-refractivity contribution is 0.0967. The molecule has 0 atom stereocenters. The van der Waals surface area contributed by atoms with Gasteiger partial charge in [0.15, 0.2) is 0 Å². The first-order chi connectivity index (χ1) is 6.15. The molecular formula is C8H12BNO2S. The molecule has 2 N–H and O–H groups in total. The summed E-state index contributed by atoms with van der Waals surface area (Å²) in [4.78, 5) is 11.7. The molecule has 1 rings (SSSR count). The zero-order chi connectivity index (χ0) is 10.4. The molecule has 1 aromatic rings. The third-order valence-corrected chi connectivity index (χ3v) is 2.47. The van der Waals surface area contributed by atoms with Crippen molar-refractivity contribution in [2.75, 3.05) is 14.2 Å². The molecule has 0 aliphatic carbocycles. The van der Waals surface area contributed by atoms with Crippen LogP contribution in [0.25, 0.3) is 0 Å². The van der Waals surface area contributed by atoms with E-state index in [0.717, 1.165) is 12.7 Å². The van der Waals surface area contributed by atoms with E-state index in [2.05, 4.69) is 5.32 Å². The summed E-state index contributed by atoms with van der Waals surface area (Å²) in [5.74, 6) is -0.0743. The van der Waals surface area contributed by atoms with Crippen LogP contribution >= 0.6 is 11.3 Å². The Morgan fingerprint density at radius 1 is 1.62 bits per heavy atom. The van der Waals surface area contributed by atoms with Crippen LogP contribution in [-0.2, 0) is 0 Å². The number of thiophene rings is 1. The van der Waals surface area contributed by atoms with Gasteiger partial charge in [0.2, 0.25) is 0 Å². The number of nitrogens with one attached hydrogen (secondary N) is 1. The maximum Gasteiger partial charge on any atom is 0.261 e. The normalized spacial score (nSPS) is 8.62. The van der Waals surface area contributed by atoms with E-state index in [1.54, 1.807) is 13.1 Å². The minimum Gasteiger partial charge on any atom is -0.400 e. The van der Waals surface area contributed by atoms with Crippen LogP contribution in [0.15, 0.2) is 6.07 Å². The number of hydrogen-bond acceptors (Lipinski definition) is 3. The van der Waals surface area contributed by atoms with Crippen LogP contribution in [0.1, 0.15) is 15.2 Å². The number of carbonyl (C=O) groups excluding carboxylic acids is 1. The minimum atomic E-state index is -0.0743. The fraction of sp³-hybridized carbons (Fsp3) is 0.375. The molecular weight excluding hydrogens is 185 g/mol. The number of rotatable bonds is 1. The smallest absolute Gasteiger partial charge is 0.261 e. The molecule has 5 heteroatoms. The fourth-order valence-electron chi connectivity index (χ4n) is 0.731. The molecule has 0 bridgehead atoms. The van der Waals surface area contributed by atoms with Crippen molar-refractivity contribution in [2.24, 2.45) is 0 Å². The summed E-state index contributed by atoms with van der Waals surface area (Å²) in [5.41, 5.74) is 0.966. The predicted molar refractivity (Wildman–Crippen MR) is 56.0 cm³/mol. The Balaban J connectivity index is 0.000000671. The van der Waals surface area contributed by atoms with Crippen LogP contribution in [0.2, 0.25) is 0 Å². The lowest BCUT2D eigenvalue weighted by atomic mass is 10.0. The van der Waals surface area contributed by atoms with E-state index in [0.29, 0.717) is 9.65 Å². The Kier molecular flexibility index (Phi) is 5.42. The molecule has 3 nitrogen and oxygen atoms in total. The van der Waals surface area contributed by atoms with Crippen molar-refractivity contribution in [1.82, 2.24) is 5.32 Å². The summed E-state index contributed by atoms with van der Waals surface area (Å²) in [7, 11) is 8.18. The highest BCUT2D eigenvalue weighted by molar-refractivity contribution is 7.21. The van der Waals surface area contributed by atoms with Crippen LogP contribution in [0.5, 0.6) is 0 Å². The zero-order valence-electron chi connectivity index (χ0n) is 7.92. The molecule has 0 spiro atoms. The van der Waals surface area contributed by atoms with Crippen LogP contribution in [0.4, 0.5) is 0 Å². The SMILES string of the molecule is CO.[B]c1sc(C(=O)NC)cc1C. The monoisotopic (exact) mass is 197 g/mol. The van der Waals surface area contributed by atoms with E-state index in [4.69, 9.17) is 13.0 Å². The quantitative estimate of drug-likeness (QED) is 0.613. The summed E-state index contributed by atoms with van der Waals surface area (Å²) >= 11 is 1.31. The summed E-state index contributed by atoms with van der Waals surface area (Å²) in [5, 5.41) is 9.54.